The Bertz CT molecular complexity index is 3550. The standard InChI is InChI=1S/C58H38N2S/c1-4-13-39(14-5-1)40-23-29-48(30-24-40)59(46-17-6-2-7-18-46)49-31-25-41(26-32-49)42-15-12-16-43(35-42)44-27-33-54-52(36-44)53-38-51-45(37-55(53)60(54)47-19-8-3-9-20-47)28-34-57-58(51)50-21-10-11-22-56(50)61-57/h1-38H. The molecule has 61 heavy (non-hydrogen) atoms. The monoisotopic (exact) mass is 794 g/mol. The van der Waals surface area contributed by atoms with Gasteiger partial charge < -0.3 is 9.47 Å². The molecule has 286 valence electrons. The minimum absolute atomic E-state index is 1.11. The second-order valence-corrected chi connectivity index (χ2v) is 16.8. The first kappa shape index (κ1) is 35.2. The summed E-state index contributed by atoms with van der Waals surface area (Å²) in [4.78, 5) is 2.32. The molecule has 2 heterocycles. The van der Waals surface area contributed by atoms with E-state index in [1.807, 2.05) is 11.3 Å². The smallest absolute Gasteiger partial charge is 0.0547 e. The third kappa shape index (κ3) is 6.09. The minimum atomic E-state index is 1.11. The van der Waals surface area contributed by atoms with Gasteiger partial charge in [0.05, 0.1) is 11.0 Å². The van der Waals surface area contributed by atoms with Gasteiger partial charge in [-0.1, -0.05) is 140 Å². The van der Waals surface area contributed by atoms with E-state index in [4.69, 9.17) is 0 Å². The molecule has 0 aliphatic heterocycles. The average molecular weight is 795 g/mol. The number of nitrogens with zero attached hydrogens (tertiary/aromatic N) is 2. The molecule has 10 aromatic carbocycles. The Labute approximate surface area is 358 Å². The van der Waals surface area contributed by atoms with Gasteiger partial charge in [-0.2, -0.15) is 0 Å². The van der Waals surface area contributed by atoms with Crippen molar-refractivity contribution in [1.82, 2.24) is 4.57 Å². The van der Waals surface area contributed by atoms with Crippen LogP contribution in [0.4, 0.5) is 17.1 Å². The quantitative estimate of drug-likeness (QED) is 0.156. The van der Waals surface area contributed by atoms with Crippen LogP contribution in [0.3, 0.4) is 0 Å². The van der Waals surface area contributed by atoms with Gasteiger partial charge in [0, 0.05) is 53.7 Å². The fourth-order valence-electron chi connectivity index (χ4n) is 9.24. The highest BCUT2D eigenvalue weighted by Crippen LogP contribution is 2.43. The van der Waals surface area contributed by atoms with E-state index in [-0.39, 0.29) is 0 Å². The van der Waals surface area contributed by atoms with Gasteiger partial charge in [-0.25, -0.2) is 0 Å². The van der Waals surface area contributed by atoms with Crippen LogP contribution in [0.2, 0.25) is 0 Å². The number of benzene rings is 10. The molecule has 0 N–H and O–H groups in total. The van der Waals surface area contributed by atoms with Crippen LogP contribution in [0.1, 0.15) is 0 Å². The Balaban J connectivity index is 0.943. The van der Waals surface area contributed by atoms with Crippen molar-refractivity contribution in [2.45, 2.75) is 0 Å². The minimum Gasteiger partial charge on any atom is -0.311 e. The van der Waals surface area contributed by atoms with Gasteiger partial charge in [0.2, 0.25) is 0 Å². The van der Waals surface area contributed by atoms with Crippen LogP contribution in [0, 0.1) is 0 Å². The Morgan fingerprint density at radius 3 is 1.59 bits per heavy atom. The van der Waals surface area contributed by atoms with Crippen LogP contribution in [0.5, 0.6) is 0 Å². The van der Waals surface area contributed by atoms with Gasteiger partial charge in [-0.15, -0.1) is 11.3 Å². The predicted molar refractivity (Wildman–Crippen MR) is 262 cm³/mol. The summed E-state index contributed by atoms with van der Waals surface area (Å²) in [6.45, 7) is 0. The van der Waals surface area contributed by atoms with Gasteiger partial charge in [-0.3, -0.25) is 0 Å². The van der Waals surface area contributed by atoms with Crippen molar-refractivity contribution in [3.63, 3.8) is 0 Å². The molecule has 0 atom stereocenters. The summed E-state index contributed by atoms with van der Waals surface area (Å²) in [7, 11) is 0. The van der Waals surface area contributed by atoms with E-state index < -0.39 is 0 Å². The lowest BCUT2D eigenvalue weighted by atomic mass is 9.97. The molecule has 0 radical (unpaired) electrons. The van der Waals surface area contributed by atoms with Crippen molar-refractivity contribution in [3.8, 4) is 39.1 Å². The van der Waals surface area contributed by atoms with Crippen LogP contribution in [0.25, 0.3) is 91.8 Å². The lowest BCUT2D eigenvalue weighted by Gasteiger charge is -2.26. The zero-order chi connectivity index (χ0) is 40.3. The van der Waals surface area contributed by atoms with E-state index in [1.165, 1.54) is 86.1 Å². The molecule has 0 spiro atoms. The maximum atomic E-state index is 2.45. The molecule has 0 fully saturated rings. The first-order chi connectivity index (χ1) is 30.2. The van der Waals surface area contributed by atoms with Gasteiger partial charge in [-0.05, 0) is 135 Å². The number of fused-ring (bicyclic) bond motifs is 8. The van der Waals surface area contributed by atoms with Crippen LogP contribution < -0.4 is 4.90 Å². The van der Waals surface area contributed by atoms with E-state index in [0.717, 1.165) is 22.7 Å². The van der Waals surface area contributed by atoms with Gasteiger partial charge in [0.15, 0.2) is 0 Å². The van der Waals surface area contributed by atoms with Crippen molar-refractivity contribution in [3.05, 3.63) is 231 Å². The van der Waals surface area contributed by atoms with Crippen LogP contribution >= 0.6 is 11.3 Å². The summed E-state index contributed by atoms with van der Waals surface area (Å²) in [5.74, 6) is 0. The normalized spacial score (nSPS) is 11.6. The zero-order valence-electron chi connectivity index (χ0n) is 33.2. The summed E-state index contributed by atoms with van der Waals surface area (Å²) >= 11 is 1.88. The fourth-order valence-corrected chi connectivity index (χ4v) is 10.4. The van der Waals surface area contributed by atoms with E-state index in [9.17, 15) is 0 Å². The lowest BCUT2D eigenvalue weighted by Crippen LogP contribution is -2.09. The van der Waals surface area contributed by atoms with Crippen molar-refractivity contribution in [2.75, 3.05) is 4.90 Å². The average Bonchev–Trinajstić information content (AvgIpc) is 3.87. The van der Waals surface area contributed by atoms with Gasteiger partial charge in [0.1, 0.15) is 0 Å². The molecule has 0 saturated heterocycles. The highest BCUT2D eigenvalue weighted by molar-refractivity contribution is 7.26. The summed E-state index contributed by atoms with van der Waals surface area (Å²) in [5.41, 5.74) is 14.1. The summed E-state index contributed by atoms with van der Waals surface area (Å²) < 4.78 is 5.09. The SMILES string of the molecule is c1ccc(-c2ccc(N(c3ccccc3)c3ccc(-c4cccc(-c5ccc6c(c5)c5cc7c(ccc8sc9ccccc9c87)cc5n6-c5ccccc5)c4)cc3)cc2)cc1. The van der Waals surface area contributed by atoms with Crippen molar-refractivity contribution in [1.29, 1.82) is 0 Å². The molecular formula is C58H38N2S. The molecule has 12 aromatic rings. The maximum absolute atomic E-state index is 2.45. The van der Waals surface area contributed by atoms with Crippen LogP contribution in [-0.4, -0.2) is 4.57 Å². The van der Waals surface area contributed by atoms with E-state index >= 15 is 0 Å². The molecule has 0 aliphatic carbocycles. The molecule has 0 saturated carbocycles. The predicted octanol–water partition coefficient (Wildman–Crippen LogP) is 16.8. The number of aromatic nitrogens is 1. The van der Waals surface area contributed by atoms with Crippen LogP contribution in [0.15, 0.2) is 231 Å². The van der Waals surface area contributed by atoms with Crippen molar-refractivity contribution < 1.29 is 0 Å². The van der Waals surface area contributed by atoms with Gasteiger partial charge in [0.25, 0.3) is 0 Å². The largest absolute Gasteiger partial charge is 0.311 e. The highest BCUT2D eigenvalue weighted by atomic mass is 32.1. The Morgan fingerprint density at radius 1 is 0.311 bits per heavy atom. The highest BCUT2D eigenvalue weighted by Gasteiger charge is 2.18. The van der Waals surface area contributed by atoms with Crippen LogP contribution in [-0.2, 0) is 0 Å². The fraction of sp³-hybridized carbons (Fsp3) is 0. The first-order valence-corrected chi connectivity index (χ1v) is 21.6. The molecule has 0 amide bonds. The summed E-state index contributed by atoms with van der Waals surface area (Å²) in [6.07, 6.45) is 0. The molecule has 2 aromatic heterocycles. The summed E-state index contributed by atoms with van der Waals surface area (Å²) in [5, 5.41) is 7.76. The number of thiophene rings is 1. The number of hydrogen-bond donors (Lipinski definition) is 0. The Hall–Kier alpha value is -7.72. The topological polar surface area (TPSA) is 8.17 Å². The number of anilines is 3. The first-order valence-electron chi connectivity index (χ1n) is 20.8. The molecule has 0 unspecified atom stereocenters. The Kier molecular flexibility index (Phi) is 8.39. The van der Waals surface area contributed by atoms with E-state index in [1.54, 1.807) is 0 Å². The second kappa shape index (κ2) is 14.5. The Morgan fingerprint density at radius 2 is 0.852 bits per heavy atom. The van der Waals surface area contributed by atoms with E-state index in [0.29, 0.717) is 0 Å². The molecule has 12 rings (SSSR count). The number of rotatable bonds is 7. The second-order valence-electron chi connectivity index (χ2n) is 15.7. The van der Waals surface area contributed by atoms with E-state index in [2.05, 4.69) is 240 Å². The molecular weight excluding hydrogens is 757 g/mol. The zero-order valence-corrected chi connectivity index (χ0v) is 34.1. The number of hydrogen-bond acceptors (Lipinski definition) is 2. The molecule has 0 bridgehead atoms. The van der Waals surface area contributed by atoms with Crippen molar-refractivity contribution in [2.24, 2.45) is 0 Å². The molecule has 2 nitrogen and oxygen atoms in total. The molecule has 0 aliphatic rings. The third-order valence-electron chi connectivity index (χ3n) is 12.2. The maximum Gasteiger partial charge on any atom is 0.0547 e. The van der Waals surface area contributed by atoms with Crippen molar-refractivity contribution >= 4 is 81.1 Å². The lowest BCUT2D eigenvalue weighted by molar-refractivity contribution is 1.18. The number of para-hydroxylation sites is 2. The van der Waals surface area contributed by atoms with Gasteiger partial charge >= 0.3 is 0 Å². The summed E-state index contributed by atoms with van der Waals surface area (Å²) in [6, 6.07) is 84.0. The third-order valence-corrected chi connectivity index (χ3v) is 13.3. The molecule has 3 heteroatoms.